The van der Waals surface area contributed by atoms with E-state index >= 15 is 0 Å². The van der Waals surface area contributed by atoms with Crippen molar-refractivity contribution in [1.82, 2.24) is 0 Å². The van der Waals surface area contributed by atoms with Gasteiger partial charge in [-0.3, -0.25) is 14.6 Å². The standard InChI is InChI=1S/C30H32N2O4/c1-3-4-6-11-24(33)17-25(34)13-12-22-15-28(30(35)29(16-22)36-2)32-19-26-23(18-31-27(26)20-32)14-21-9-7-5-8-10-21/h5,7-10,12-13,15-16,18-19,35H,3-4,6,11,14,17,20H2,1-2H3. The van der Waals surface area contributed by atoms with Gasteiger partial charge in [-0.2, -0.15) is 0 Å². The molecule has 2 heterocycles. The van der Waals surface area contributed by atoms with Crippen LogP contribution < -0.4 is 9.64 Å². The summed E-state index contributed by atoms with van der Waals surface area (Å²) in [7, 11) is 1.49. The van der Waals surface area contributed by atoms with Crippen LogP contribution in [0.3, 0.4) is 0 Å². The van der Waals surface area contributed by atoms with Crippen molar-refractivity contribution in [2.75, 3.05) is 18.6 Å². The molecule has 0 aliphatic carbocycles. The zero-order valence-electron chi connectivity index (χ0n) is 20.9. The Labute approximate surface area is 212 Å². The minimum atomic E-state index is -0.229. The van der Waals surface area contributed by atoms with Crippen molar-refractivity contribution in [3.05, 3.63) is 83.2 Å². The summed E-state index contributed by atoms with van der Waals surface area (Å²) >= 11 is 0. The summed E-state index contributed by atoms with van der Waals surface area (Å²) in [5.41, 5.74) is 5.64. The zero-order chi connectivity index (χ0) is 25.5. The van der Waals surface area contributed by atoms with Gasteiger partial charge in [-0.25, -0.2) is 0 Å². The van der Waals surface area contributed by atoms with Crippen molar-refractivity contribution >= 4 is 29.0 Å². The lowest BCUT2D eigenvalue weighted by Crippen LogP contribution is -2.17. The van der Waals surface area contributed by atoms with Gasteiger partial charge < -0.3 is 14.7 Å². The zero-order valence-corrected chi connectivity index (χ0v) is 20.9. The smallest absolute Gasteiger partial charge is 0.182 e. The summed E-state index contributed by atoms with van der Waals surface area (Å²) in [5.74, 6) is 0.0798. The predicted molar refractivity (Wildman–Crippen MR) is 144 cm³/mol. The van der Waals surface area contributed by atoms with Crippen LogP contribution in [0.4, 0.5) is 5.69 Å². The maximum absolute atomic E-state index is 12.3. The van der Waals surface area contributed by atoms with E-state index in [1.165, 1.54) is 18.7 Å². The fraction of sp³-hybridized carbons (Fsp3) is 0.300. The number of allylic oxidation sites excluding steroid dienone is 2. The Balaban J connectivity index is 1.50. The van der Waals surface area contributed by atoms with Gasteiger partial charge in [0, 0.05) is 24.4 Å². The highest BCUT2D eigenvalue weighted by Gasteiger charge is 2.28. The molecule has 0 saturated heterocycles. The first kappa shape index (κ1) is 25.2. The molecular weight excluding hydrogens is 452 g/mol. The fourth-order valence-corrected chi connectivity index (χ4v) is 4.43. The molecule has 0 amide bonds. The average Bonchev–Trinajstić information content (AvgIpc) is 3.46. The van der Waals surface area contributed by atoms with Gasteiger partial charge in [-0.05, 0) is 47.8 Å². The number of hydrogen-bond donors (Lipinski definition) is 1. The lowest BCUT2D eigenvalue weighted by Gasteiger charge is -2.19. The molecule has 6 nitrogen and oxygen atoms in total. The lowest BCUT2D eigenvalue weighted by atomic mass is 9.99. The third-order valence-electron chi connectivity index (χ3n) is 6.37. The number of Topliss-reactive ketones (excluding diaryl/α,β-unsaturated/α-hetero) is 1. The third kappa shape index (κ3) is 6.00. The van der Waals surface area contributed by atoms with Crippen LogP contribution in [0.25, 0.3) is 6.08 Å². The lowest BCUT2D eigenvalue weighted by molar-refractivity contribution is -0.124. The molecule has 2 aromatic rings. The second-order valence-corrected chi connectivity index (χ2v) is 9.13. The monoisotopic (exact) mass is 484 g/mol. The quantitative estimate of drug-likeness (QED) is 0.234. The molecule has 186 valence electrons. The number of anilines is 1. The van der Waals surface area contributed by atoms with Crippen molar-refractivity contribution in [1.29, 1.82) is 0 Å². The number of nitrogens with zero attached hydrogens (tertiary/aromatic N) is 2. The second-order valence-electron chi connectivity index (χ2n) is 9.13. The summed E-state index contributed by atoms with van der Waals surface area (Å²) in [5, 5.41) is 10.9. The van der Waals surface area contributed by atoms with E-state index in [0.717, 1.165) is 42.5 Å². The summed E-state index contributed by atoms with van der Waals surface area (Å²) in [6.07, 6.45) is 11.0. The van der Waals surface area contributed by atoms with Gasteiger partial charge >= 0.3 is 0 Å². The number of fused-ring (bicyclic) bond motifs is 1. The number of methoxy groups -OCH3 is 1. The molecule has 36 heavy (non-hydrogen) atoms. The molecule has 0 atom stereocenters. The first-order valence-electron chi connectivity index (χ1n) is 12.4. The molecule has 4 rings (SSSR count). The van der Waals surface area contributed by atoms with Crippen LogP contribution >= 0.6 is 0 Å². The van der Waals surface area contributed by atoms with Crippen molar-refractivity contribution in [2.24, 2.45) is 4.99 Å². The number of rotatable bonds is 12. The van der Waals surface area contributed by atoms with Gasteiger partial charge in [-0.15, -0.1) is 0 Å². The maximum atomic E-state index is 12.3. The minimum absolute atomic E-state index is 0.0260. The number of phenols is 1. The number of carbonyl (C=O) groups is 2. The number of hydrogen-bond acceptors (Lipinski definition) is 6. The van der Waals surface area contributed by atoms with E-state index < -0.39 is 0 Å². The van der Waals surface area contributed by atoms with Gasteiger partial charge in [0.1, 0.15) is 5.78 Å². The highest BCUT2D eigenvalue weighted by Crippen LogP contribution is 2.41. The summed E-state index contributed by atoms with van der Waals surface area (Å²) in [6, 6.07) is 13.7. The number of ether oxygens (including phenoxy) is 1. The highest BCUT2D eigenvalue weighted by atomic mass is 16.5. The van der Waals surface area contributed by atoms with Gasteiger partial charge in [0.15, 0.2) is 17.3 Å². The Morgan fingerprint density at radius 3 is 2.72 bits per heavy atom. The van der Waals surface area contributed by atoms with Gasteiger partial charge in [0.2, 0.25) is 0 Å². The van der Waals surface area contributed by atoms with Crippen LogP contribution in [-0.4, -0.2) is 36.0 Å². The van der Waals surface area contributed by atoms with Crippen LogP contribution in [0.1, 0.15) is 50.2 Å². The molecule has 0 fully saturated rings. The number of aliphatic imine (C=N–C) groups is 1. The van der Waals surface area contributed by atoms with Gasteiger partial charge in [-0.1, -0.05) is 56.2 Å². The molecule has 0 aromatic heterocycles. The fourth-order valence-electron chi connectivity index (χ4n) is 4.43. The molecule has 0 bridgehead atoms. The van der Waals surface area contributed by atoms with Crippen molar-refractivity contribution in [3.63, 3.8) is 0 Å². The molecular formula is C30H32N2O4. The Kier molecular flexibility index (Phi) is 8.16. The van der Waals surface area contributed by atoms with Crippen molar-refractivity contribution in [3.8, 4) is 11.5 Å². The number of benzene rings is 2. The maximum Gasteiger partial charge on any atom is 0.182 e. The minimum Gasteiger partial charge on any atom is -0.503 e. The molecule has 0 radical (unpaired) electrons. The van der Waals surface area contributed by atoms with Crippen LogP contribution in [0.15, 0.2) is 77.1 Å². The second kappa shape index (κ2) is 11.7. The van der Waals surface area contributed by atoms with E-state index in [1.807, 2.05) is 41.6 Å². The van der Waals surface area contributed by atoms with E-state index in [2.05, 4.69) is 24.0 Å². The number of phenolic OH excluding ortho intramolecular Hbond substituents is 1. The molecule has 2 aromatic carbocycles. The summed E-state index contributed by atoms with van der Waals surface area (Å²) in [4.78, 5) is 30.9. The van der Waals surface area contributed by atoms with Crippen molar-refractivity contribution < 1.29 is 19.4 Å². The van der Waals surface area contributed by atoms with Crippen LogP contribution in [-0.2, 0) is 16.0 Å². The first-order chi connectivity index (χ1) is 17.5. The average molecular weight is 485 g/mol. The van der Waals surface area contributed by atoms with E-state index in [1.54, 1.807) is 12.1 Å². The molecule has 2 aliphatic heterocycles. The van der Waals surface area contributed by atoms with Crippen LogP contribution in [0.5, 0.6) is 11.5 Å². The molecule has 0 spiro atoms. The van der Waals surface area contributed by atoms with E-state index in [9.17, 15) is 14.7 Å². The summed E-state index contributed by atoms with van der Waals surface area (Å²) < 4.78 is 5.39. The molecule has 0 unspecified atom stereocenters. The molecule has 6 heteroatoms. The molecule has 2 aliphatic rings. The third-order valence-corrected chi connectivity index (χ3v) is 6.37. The number of ketones is 2. The normalized spacial score (nSPS) is 14.5. The van der Waals surface area contributed by atoms with E-state index in [4.69, 9.17) is 4.74 Å². The number of unbranched alkanes of at least 4 members (excludes halogenated alkanes) is 2. The van der Waals surface area contributed by atoms with Gasteiger partial charge in [0.05, 0.1) is 31.5 Å². The SMILES string of the molecule is CCCCCC(=O)CC(=O)C=Cc1cc(OC)c(O)c(N2C=C3C(Cc4ccccc4)=CN=C3C2)c1. The van der Waals surface area contributed by atoms with Crippen molar-refractivity contribution in [2.45, 2.75) is 45.4 Å². The topological polar surface area (TPSA) is 79.2 Å². The first-order valence-corrected chi connectivity index (χ1v) is 12.4. The Hall–Kier alpha value is -3.93. The number of carbonyl (C=O) groups excluding carboxylic acids is 2. The largest absolute Gasteiger partial charge is 0.503 e. The summed E-state index contributed by atoms with van der Waals surface area (Å²) in [6.45, 7) is 2.61. The molecule has 1 N–H and O–H groups in total. The van der Waals surface area contributed by atoms with Gasteiger partial charge in [0.25, 0.3) is 0 Å². The van der Waals surface area contributed by atoms with Crippen LogP contribution in [0.2, 0.25) is 0 Å². The van der Waals surface area contributed by atoms with E-state index in [-0.39, 0.29) is 23.7 Å². The highest BCUT2D eigenvalue weighted by molar-refractivity contribution is 6.12. The Morgan fingerprint density at radius 1 is 1.17 bits per heavy atom. The predicted octanol–water partition coefficient (Wildman–Crippen LogP) is 5.81. The number of aromatic hydroxyl groups is 1. The Morgan fingerprint density at radius 2 is 1.97 bits per heavy atom. The van der Waals surface area contributed by atoms with Crippen LogP contribution in [0, 0.1) is 0 Å². The molecule has 0 saturated carbocycles. The van der Waals surface area contributed by atoms with E-state index in [0.29, 0.717) is 30.0 Å². The Bertz CT molecular complexity index is 1260.